The van der Waals surface area contributed by atoms with Gasteiger partial charge in [0, 0.05) is 51.3 Å². The van der Waals surface area contributed by atoms with Crippen LogP contribution in [0, 0.1) is 10.1 Å². The summed E-state index contributed by atoms with van der Waals surface area (Å²) in [4.78, 5) is 29.0. The van der Waals surface area contributed by atoms with Gasteiger partial charge >= 0.3 is 0 Å². The number of nitro benzene ring substituents is 1. The lowest BCUT2D eigenvalue weighted by Crippen LogP contribution is -2.38. The zero-order valence-electron chi connectivity index (χ0n) is 18.1. The lowest BCUT2D eigenvalue weighted by Gasteiger charge is -2.20. The van der Waals surface area contributed by atoms with Crippen molar-refractivity contribution in [2.24, 2.45) is 4.99 Å². The number of unbranched alkanes of at least 4 members (excludes halogenated alkanes) is 1. The smallest absolute Gasteiger partial charge is 0.269 e. The van der Waals surface area contributed by atoms with Crippen LogP contribution in [0.15, 0.2) is 29.3 Å². The molecule has 1 aromatic rings. The summed E-state index contributed by atoms with van der Waals surface area (Å²) in [5.74, 6) is 1.10. The number of nitrogens with zero attached hydrogens (tertiary/aromatic N) is 3. The highest BCUT2D eigenvalue weighted by molar-refractivity contribution is 5.79. The molecule has 0 bridgehead atoms. The fraction of sp³-hybridized carbons (Fsp3) is 0.636. The standard InChI is InChI=1S/C22H35N5O3/c1-2-23-22(25-16-8-18-26-17-7-3-4-10-21(26)28)24-15-6-5-9-19-11-13-20(14-12-19)27(29)30/h11-14H,2-10,15-18H2,1H3,(H2,23,24,25). The van der Waals surface area contributed by atoms with Gasteiger partial charge in [-0.25, -0.2) is 0 Å². The number of benzene rings is 1. The van der Waals surface area contributed by atoms with Crippen molar-refractivity contribution in [1.82, 2.24) is 15.5 Å². The van der Waals surface area contributed by atoms with E-state index in [0.717, 1.165) is 82.6 Å². The summed E-state index contributed by atoms with van der Waals surface area (Å²) in [6.45, 7) is 6.04. The van der Waals surface area contributed by atoms with E-state index in [-0.39, 0.29) is 16.5 Å². The number of nitro groups is 1. The van der Waals surface area contributed by atoms with Gasteiger partial charge in [-0.2, -0.15) is 0 Å². The molecule has 0 atom stereocenters. The number of guanidine groups is 1. The predicted octanol–water partition coefficient (Wildman–Crippen LogP) is 3.27. The van der Waals surface area contributed by atoms with Crippen LogP contribution in [0.5, 0.6) is 0 Å². The number of amides is 1. The van der Waals surface area contributed by atoms with Crippen molar-refractivity contribution in [2.45, 2.75) is 58.3 Å². The number of carbonyl (C=O) groups excluding carboxylic acids is 1. The lowest BCUT2D eigenvalue weighted by atomic mass is 10.1. The molecule has 2 N–H and O–H groups in total. The molecule has 0 spiro atoms. The quantitative estimate of drug-likeness (QED) is 0.189. The van der Waals surface area contributed by atoms with Gasteiger partial charge in [-0.3, -0.25) is 19.9 Å². The highest BCUT2D eigenvalue weighted by atomic mass is 16.6. The van der Waals surface area contributed by atoms with Crippen molar-refractivity contribution in [3.05, 3.63) is 39.9 Å². The fourth-order valence-electron chi connectivity index (χ4n) is 3.51. The number of hydrogen-bond acceptors (Lipinski definition) is 4. The first kappa shape index (κ1) is 23.6. The number of likely N-dealkylation sites (tertiary alicyclic amines) is 1. The van der Waals surface area contributed by atoms with E-state index < -0.39 is 0 Å². The van der Waals surface area contributed by atoms with E-state index in [1.807, 2.05) is 24.0 Å². The molecule has 1 aromatic carbocycles. The molecular formula is C22H35N5O3. The van der Waals surface area contributed by atoms with Crippen LogP contribution in [0.2, 0.25) is 0 Å². The minimum atomic E-state index is -0.374. The lowest BCUT2D eigenvalue weighted by molar-refractivity contribution is -0.384. The first-order valence-electron chi connectivity index (χ1n) is 11.1. The summed E-state index contributed by atoms with van der Waals surface area (Å²) >= 11 is 0. The van der Waals surface area contributed by atoms with Crippen LogP contribution in [0.4, 0.5) is 5.69 Å². The number of carbonyl (C=O) groups is 1. The van der Waals surface area contributed by atoms with Gasteiger partial charge < -0.3 is 15.5 Å². The number of aryl methyl sites for hydroxylation is 1. The van der Waals surface area contributed by atoms with Crippen LogP contribution in [0.25, 0.3) is 0 Å². The summed E-state index contributed by atoms with van der Waals surface area (Å²) in [6, 6.07) is 6.77. The van der Waals surface area contributed by atoms with E-state index in [1.165, 1.54) is 0 Å². The van der Waals surface area contributed by atoms with E-state index in [1.54, 1.807) is 12.1 Å². The van der Waals surface area contributed by atoms with Gasteiger partial charge in [0.15, 0.2) is 5.96 Å². The van der Waals surface area contributed by atoms with E-state index in [0.29, 0.717) is 13.0 Å². The maximum atomic E-state index is 12.0. The van der Waals surface area contributed by atoms with Crippen LogP contribution in [-0.4, -0.2) is 54.4 Å². The normalized spacial score (nSPS) is 15.0. The molecule has 1 aliphatic rings. The summed E-state index contributed by atoms with van der Waals surface area (Å²) in [5, 5.41) is 17.3. The Kier molecular flexibility index (Phi) is 10.7. The number of hydrogen-bond donors (Lipinski definition) is 2. The van der Waals surface area contributed by atoms with E-state index in [9.17, 15) is 14.9 Å². The van der Waals surface area contributed by atoms with Crippen molar-refractivity contribution < 1.29 is 9.72 Å². The van der Waals surface area contributed by atoms with Gasteiger partial charge in [0.2, 0.25) is 5.91 Å². The van der Waals surface area contributed by atoms with Crippen molar-refractivity contribution >= 4 is 17.6 Å². The first-order valence-corrected chi connectivity index (χ1v) is 11.1. The molecule has 0 unspecified atom stereocenters. The molecule has 0 radical (unpaired) electrons. The molecule has 1 saturated heterocycles. The second kappa shape index (κ2) is 13.6. The topological polar surface area (TPSA) is 99.9 Å². The second-order valence-electron chi connectivity index (χ2n) is 7.61. The first-order chi connectivity index (χ1) is 14.6. The Morgan fingerprint density at radius 2 is 1.93 bits per heavy atom. The van der Waals surface area contributed by atoms with Crippen molar-refractivity contribution in [3.8, 4) is 0 Å². The SMILES string of the molecule is CCNC(=NCCCN1CCCCCC1=O)NCCCCc1ccc([N+](=O)[O-])cc1. The van der Waals surface area contributed by atoms with Crippen LogP contribution < -0.4 is 10.6 Å². The zero-order valence-corrected chi connectivity index (χ0v) is 18.1. The molecule has 0 aromatic heterocycles. The Labute approximate surface area is 179 Å². The largest absolute Gasteiger partial charge is 0.357 e. The maximum absolute atomic E-state index is 12.0. The highest BCUT2D eigenvalue weighted by Gasteiger charge is 2.15. The van der Waals surface area contributed by atoms with E-state index >= 15 is 0 Å². The summed E-state index contributed by atoms with van der Waals surface area (Å²) in [5.41, 5.74) is 1.25. The van der Waals surface area contributed by atoms with Crippen LogP contribution in [0.3, 0.4) is 0 Å². The maximum Gasteiger partial charge on any atom is 0.269 e. The van der Waals surface area contributed by atoms with Crippen molar-refractivity contribution in [2.75, 3.05) is 32.7 Å². The van der Waals surface area contributed by atoms with Gasteiger partial charge in [-0.05, 0) is 51.0 Å². The van der Waals surface area contributed by atoms with Gasteiger partial charge in [-0.1, -0.05) is 18.6 Å². The molecule has 30 heavy (non-hydrogen) atoms. The minimum absolute atomic E-state index is 0.132. The highest BCUT2D eigenvalue weighted by Crippen LogP contribution is 2.13. The number of aliphatic imine (C=N–C) groups is 1. The van der Waals surface area contributed by atoms with Gasteiger partial charge in [-0.15, -0.1) is 0 Å². The van der Waals surface area contributed by atoms with Crippen molar-refractivity contribution in [3.63, 3.8) is 0 Å². The Balaban J connectivity index is 1.64. The monoisotopic (exact) mass is 417 g/mol. The van der Waals surface area contributed by atoms with Gasteiger partial charge in [0.1, 0.15) is 0 Å². The van der Waals surface area contributed by atoms with Crippen LogP contribution >= 0.6 is 0 Å². The Morgan fingerprint density at radius 3 is 2.67 bits per heavy atom. The fourth-order valence-corrected chi connectivity index (χ4v) is 3.51. The number of non-ortho nitro benzene ring substituents is 1. The van der Waals surface area contributed by atoms with Gasteiger partial charge in [0.05, 0.1) is 4.92 Å². The van der Waals surface area contributed by atoms with Crippen LogP contribution in [-0.2, 0) is 11.2 Å². The average molecular weight is 418 g/mol. The third-order valence-electron chi connectivity index (χ3n) is 5.20. The predicted molar refractivity (Wildman–Crippen MR) is 120 cm³/mol. The Hall–Kier alpha value is -2.64. The molecule has 1 amide bonds. The summed E-state index contributed by atoms with van der Waals surface area (Å²) in [6.07, 6.45) is 7.74. The number of rotatable bonds is 11. The van der Waals surface area contributed by atoms with E-state index in [2.05, 4.69) is 15.6 Å². The van der Waals surface area contributed by atoms with Gasteiger partial charge in [0.25, 0.3) is 5.69 Å². The molecule has 1 fully saturated rings. The molecule has 1 heterocycles. The summed E-state index contributed by atoms with van der Waals surface area (Å²) in [7, 11) is 0. The molecule has 0 saturated carbocycles. The summed E-state index contributed by atoms with van der Waals surface area (Å²) < 4.78 is 0. The van der Waals surface area contributed by atoms with E-state index in [4.69, 9.17) is 0 Å². The molecule has 8 heteroatoms. The molecule has 1 aliphatic heterocycles. The Morgan fingerprint density at radius 1 is 1.13 bits per heavy atom. The van der Waals surface area contributed by atoms with Crippen molar-refractivity contribution in [1.29, 1.82) is 0 Å². The molecule has 2 rings (SSSR count). The molecule has 166 valence electrons. The molecule has 8 nitrogen and oxygen atoms in total. The second-order valence-corrected chi connectivity index (χ2v) is 7.61. The Bertz CT molecular complexity index is 691. The average Bonchev–Trinajstić information content (AvgIpc) is 2.95. The minimum Gasteiger partial charge on any atom is -0.357 e. The van der Waals surface area contributed by atoms with Crippen LogP contribution in [0.1, 0.15) is 57.4 Å². The molecular weight excluding hydrogens is 382 g/mol. The molecule has 0 aliphatic carbocycles. The zero-order chi connectivity index (χ0) is 21.6. The third kappa shape index (κ3) is 8.80. The number of nitrogens with one attached hydrogen (secondary N) is 2. The third-order valence-corrected chi connectivity index (χ3v) is 5.20.